The normalized spacial score (nSPS) is 25.6. The molecule has 3 rings (SSSR count). The Morgan fingerprint density at radius 3 is 2.82 bits per heavy atom. The molecule has 122 valence electrons. The van der Waals surface area contributed by atoms with E-state index in [1.54, 1.807) is 0 Å². The summed E-state index contributed by atoms with van der Waals surface area (Å²) >= 11 is 5.72. The molecule has 2 heterocycles. The van der Waals surface area contributed by atoms with Crippen molar-refractivity contribution in [2.45, 2.75) is 51.7 Å². The Kier molecular flexibility index (Phi) is 4.96. The Bertz CT molecular complexity index is 534. The Morgan fingerprint density at radius 1 is 1.36 bits per heavy atom. The summed E-state index contributed by atoms with van der Waals surface area (Å²) in [6, 6.07) is 6.27. The number of hydrogen-bond acceptors (Lipinski definition) is 3. The van der Waals surface area contributed by atoms with Crippen LogP contribution in [0.2, 0.25) is 0 Å². The molecule has 0 saturated carbocycles. The van der Waals surface area contributed by atoms with Gasteiger partial charge in [0.2, 0.25) is 0 Å². The molecule has 0 amide bonds. The van der Waals surface area contributed by atoms with Gasteiger partial charge in [0.1, 0.15) is 5.75 Å². The van der Waals surface area contributed by atoms with Crippen molar-refractivity contribution in [3.8, 4) is 5.75 Å². The lowest BCUT2D eigenvalue weighted by Crippen LogP contribution is -2.44. The summed E-state index contributed by atoms with van der Waals surface area (Å²) in [5.74, 6) is 1.65. The first-order chi connectivity index (χ1) is 10.6. The third-order valence-electron chi connectivity index (χ3n) is 5.36. The van der Waals surface area contributed by atoms with Gasteiger partial charge in [-0.1, -0.05) is 6.07 Å². The minimum atomic E-state index is 0.479. The van der Waals surface area contributed by atoms with E-state index in [1.165, 1.54) is 29.7 Å². The number of likely N-dealkylation sites (tertiary alicyclic amines) is 1. The maximum absolute atomic E-state index is 5.86. The SMILES string of the molecule is Cc1c(OCCCCl)ccc([C@H](C)N2C[C@@H]3C[C@H]2CN3)c1C. The molecule has 2 fully saturated rings. The van der Waals surface area contributed by atoms with Crippen LogP contribution in [0.1, 0.15) is 42.5 Å². The second-order valence-corrected chi connectivity index (χ2v) is 7.04. The van der Waals surface area contributed by atoms with Crippen LogP contribution in [-0.4, -0.2) is 42.6 Å². The second kappa shape index (κ2) is 6.77. The number of nitrogens with zero attached hydrogens (tertiary/aromatic N) is 1. The van der Waals surface area contributed by atoms with Gasteiger partial charge in [0.05, 0.1) is 6.61 Å². The zero-order valence-electron chi connectivity index (χ0n) is 13.9. The molecular formula is C18H27ClN2O. The summed E-state index contributed by atoms with van der Waals surface area (Å²) < 4.78 is 5.86. The molecule has 1 aromatic rings. The molecule has 2 saturated heterocycles. The minimum Gasteiger partial charge on any atom is -0.493 e. The van der Waals surface area contributed by atoms with E-state index in [2.05, 4.69) is 43.1 Å². The Balaban J connectivity index is 1.75. The van der Waals surface area contributed by atoms with E-state index in [4.69, 9.17) is 16.3 Å². The molecule has 2 bridgehead atoms. The number of hydrogen-bond donors (Lipinski definition) is 1. The highest BCUT2D eigenvalue weighted by atomic mass is 35.5. The number of alkyl halides is 1. The van der Waals surface area contributed by atoms with Crippen molar-refractivity contribution < 1.29 is 4.74 Å². The standard InChI is InChI=1S/C18H27ClN2O/c1-12-13(2)18(22-8-4-7-19)6-5-17(12)14(3)21-11-15-9-16(21)10-20-15/h5-6,14-16,20H,4,7-11H2,1-3H3/t14-,15-,16-/m0/s1. The molecule has 0 aliphatic carbocycles. The van der Waals surface area contributed by atoms with Crippen LogP contribution in [0, 0.1) is 13.8 Å². The molecule has 22 heavy (non-hydrogen) atoms. The van der Waals surface area contributed by atoms with Crippen molar-refractivity contribution in [1.29, 1.82) is 0 Å². The third-order valence-corrected chi connectivity index (χ3v) is 5.63. The molecule has 0 radical (unpaired) electrons. The zero-order chi connectivity index (χ0) is 15.7. The van der Waals surface area contributed by atoms with Crippen LogP contribution < -0.4 is 10.1 Å². The molecule has 0 unspecified atom stereocenters. The van der Waals surface area contributed by atoms with E-state index in [9.17, 15) is 0 Å². The first kappa shape index (κ1) is 16.1. The number of nitrogens with one attached hydrogen (secondary N) is 1. The van der Waals surface area contributed by atoms with Gasteiger partial charge in [-0.05, 0) is 56.4 Å². The van der Waals surface area contributed by atoms with Crippen LogP contribution in [0.4, 0.5) is 0 Å². The topological polar surface area (TPSA) is 24.5 Å². The van der Waals surface area contributed by atoms with Gasteiger partial charge in [-0.2, -0.15) is 0 Å². The van der Waals surface area contributed by atoms with Gasteiger partial charge in [-0.3, -0.25) is 4.90 Å². The molecule has 2 aliphatic heterocycles. The van der Waals surface area contributed by atoms with Gasteiger partial charge in [0, 0.05) is 37.1 Å². The smallest absolute Gasteiger partial charge is 0.122 e. The third kappa shape index (κ3) is 2.99. The van der Waals surface area contributed by atoms with Gasteiger partial charge < -0.3 is 10.1 Å². The van der Waals surface area contributed by atoms with Crippen LogP contribution in [0.3, 0.4) is 0 Å². The van der Waals surface area contributed by atoms with Crippen LogP contribution in [0.5, 0.6) is 5.75 Å². The maximum Gasteiger partial charge on any atom is 0.122 e. The van der Waals surface area contributed by atoms with E-state index >= 15 is 0 Å². The van der Waals surface area contributed by atoms with E-state index in [0.29, 0.717) is 30.6 Å². The zero-order valence-corrected chi connectivity index (χ0v) is 14.6. The Hall–Kier alpha value is -0.770. The van der Waals surface area contributed by atoms with Crippen molar-refractivity contribution in [3.05, 3.63) is 28.8 Å². The fourth-order valence-corrected chi connectivity index (χ4v) is 4.02. The minimum absolute atomic E-state index is 0.479. The molecule has 0 aromatic heterocycles. The monoisotopic (exact) mass is 322 g/mol. The van der Waals surface area contributed by atoms with Crippen molar-refractivity contribution in [1.82, 2.24) is 10.2 Å². The quantitative estimate of drug-likeness (QED) is 0.641. The average Bonchev–Trinajstić information content (AvgIpc) is 3.14. The summed E-state index contributed by atoms with van der Waals surface area (Å²) in [5.41, 5.74) is 4.07. The van der Waals surface area contributed by atoms with Gasteiger partial charge in [-0.15, -0.1) is 11.6 Å². The fourth-order valence-electron chi connectivity index (χ4n) is 3.91. The molecule has 1 N–H and O–H groups in total. The highest BCUT2D eigenvalue weighted by molar-refractivity contribution is 6.17. The Labute approximate surface area is 139 Å². The molecule has 3 nitrogen and oxygen atoms in total. The van der Waals surface area contributed by atoms with Crippen molar-refractivity contribution in [2.24, 2.45) is 0 Å². The van der Waals surface area contributed by atoms with Gasteiger partial charge in [0.25, 0.3) is 0 Å². The number of piperazine rings is 1. The average molecular weight is 323 g/mol. The van der Waals surface area contributed by atoms with Crippen LogP contribution in [0.25, 0.3) is 0 Å². The van der Waals surface area contributed by atoms with Crippen molar-refractivity contribution >= 4 is 11.6 Å². The lowest BCUT2D eigenvalue weighted by molar-refractivity contribution is 0.170. The number of rotatable bonds is 6. The summed E-state index contributed by atoms with van der Waals surface area (Å²) in [5, 5.41) is 3.58. The molecule has 0 spiro atoms. The van der Waals surface area contributed by atoms with Gasteiger partial charge in [-0.25, -0.2) is 0 Å². The van der Waals surface area contributed by atoms with Crippen molar-refractivity contribution in [3.63, 3.8) is 0 Å². The summed E-state index contributed by atoms with van der Waals surface area (Å²) in [4.78, 5) is 2.66. The molecule has 4 heteroatoms. The molecular weight excluding hydrogens is 296 g/mol. The van der Waals surface area contributed by atoms with E-state index in [1.807, 2.05) is 0 Å². The highest BCUT2D eigenvalue weighted by Gasteiger charge is 2.40. The molecule has 3 atom stereocenters. The maximum atomic E-state index is 5.86. The van der Waals surface area contributed by atoms with Crippen LogP contribution >= 0.6 is 11.6 Å². The van der Waals surface area contributed by atoms with E-state index < -0.39 is 0 Å². The first-order valence-electron chi connectivity index (χ1n) is 8.39. The van der Waals surface area contributed by atoms with Gasteiger partial charge >= 0.3 is 0 Å². The number of fused-ring (bicyclic) bond motifs is 2. The Morgan fingerprint density at radius 2 is 2.18 bits per heavy atom. The van der Waals surface area contributed by atoms with Gasteiger partial charge in [0.15, 0.2) is 0 Å². The summed E-state index contributed by atoms with van der Waals surface area (Å²) in [6.07, 6.45) is 2.20. The number of halogens is 1. The largest absolute Gasteiger partial charge is 0.493 e. The summed E-state index contributed by atoms with van der Waals surface area (Å²) in [7, 11) is 0. The lowest BCUT2D eigenvalue weighted by atomic mass is 9.96. The molecule has 1 aromatic carbocycles. The number of benzene rings is 1. The first-order valence-corrected chi connectivity index (χ1v) is 8.93. The fraction of sp³-hybridized carbons (Fsp3) is 0.667. The van der Waals surface area contributed by atoms with Crippen molar-refractivity contribution in [2.75, 3.05) is 25.6 Å². The predicted octanol–water partition coefficient (Wildman–Crippen LogP) is 3.42. The van der Waals surface area contributed by atoms with E-state index in [0.717, 1.165) is 18.7 Å². The predicted molar refractivity (Wildman–Crippen MR) is 92.1 cm³/mol. The lowest BCUT2D eigenvalue weighted by Gasteiger charge is -2.34. The van der Waals surface area contributed by atoms with Crippen LogP contribution in [0.15, 0.2) is 12.1 Å². The van der Waals surface area contributed by atoms with E-state index in [-0.39, 0.29) is 0 Å². The number of ether oxygens (including phenoxy) is 1. The molecule has 2 aliphatic rings. The van der Waals surface area contributed by atoms with Crippen LogP contribution in [-0.2, 0) is 0 Å². The second-order valence-electron chi connectivity index (χ2n) is 6.66. The highest BCUT2D eigenvalue weighted by Crippen LogP contribution is 2.36. The summed E-state index contributed by atoms with van der Waals surface area (Å²) in [6.45, 7) is 9.75.